The van der Waals surface area contributed by atoms with E-state index in [1.165, 1.54) is 12.1 Å². The van der Waals surface area contributed by atoms with Crippen molar-refractivity contribution in [3.8, 4) is 0 Å². The van der Waals surface area contributed by atoms with E-state index in [0.717, 1.165) is 16.0 Å². The van der Waals surface area contributed by atoms with Gasteiger partial charge in [-0.15, -0.1) is 0 Å². The van der Waals surface area contributed by atoms with Gasteiger partial charge in [0.25, 0.3) is 5.91 Å². The zero-order chi connectivity index (χ0) is 17.8. The predicted molar refractivity (Wildman–Crippen MR) is 89.1 cm³/mol. The van der Waals surface area contributed by atoms with E-state index in [4.69, 9.17) is 0 Å². The Bertz CT molecular complexity index is 818. The van der Waals surface area contributed by atoms with Crippen LogP contribution in [0.3, 0.4) is 0 Å². The van der Waals surface area contributed by atoms with Gasteiger partial charge >= 0.3 is 0 Å². The number of fused-ring (bicyclic) bond motifs is 1. The summed E-state index contributed by atoms with van der Waals surface area (Å²) in [6.45, 7) is 0.311. The highest BCUT2D eigenvalue weighted by Gasteiger charge is 2.30. The molecule has 0 bridgehead atoms. The minimum Gasteiger partial charge on any atom is -0.352 e. The fourth-order valence-corrected chi connectivity index (χ4v) is 2.73. The second-order valence-corrected chi connectivity index (χ2v) is 5.84. The number of benzene rings is 2. The van der Waals surface area contributed by atoms with Crippen LogP contribution >= 0.6 is 0 Å². The van der Waals surface area contributed by atoms with Crippen molar-refractivity contribution in [1.29, 1.82) is 0 Å². The molecule has 6 heteroatoms. The maximum absolute atomic E-state index is 12.8. The smallest absolute Gasteiger partial charge is 0.260 e. The monoisotopic (exact) mass is 340 g/mol. The van der Waals surface area contributed by atoms with Crippen molar-refractivity contribution >= 4 is 17.7 Å². The Labute approximate surface area is 144 Å². The molecule has 2 aromatic carbocycles. The highest BCUT2D eigenvalue weighted by atomic mass is 19.1. The van der Waals surface area contributed by atoms with Gasteiger partial charge in [0.1, 0.15) is 5.82 Å². The van der Waals surface area contributed by atoms with Gasteiger partial charge in [0.2, 0.25) is 11.8 Å². The number of nitrogens with one attached hydrogen (secondary N) is 1. The van der Waals surface area contributed by atoms with Crippen molar-refractivity contribution in [2.24, 2.45) is 0 Å². The lowest BCUT2D eigenvalue weighted by atomic mass is 9.98. The van der Waals surface area contributed by atoms with E-state index in [0.29, 0.717) is 5.56 Å². The zero-order valence-corrected chi connectivity index (χ0v) is 13.5. The van der Waals surface area contributed by atoms with Crippen LogP contribution in [0.25, 0.3) is 0 Å². The number of halogens is 1. The fourth-order valence-electron chi connectivity index (χ4n) is 2.73. The van der Waals surface area contributed by atoms with Crippen LogP contribution in [0, 0.1) is 5.82 Å². The van der Waals surface area contributed by atoms with E-state index < -0.39 is 0 Å². The Hall–Kier alpha value is -3.02. The van der Waals surface area contributed by atoms with Gasteiger partial charge < -0.3 is 5.32 Å². The topological polar surface area (TPSA) is 66.5 Å². The Morgan fingerprint density at radius 1 is 1.08 bits per heavy atom. The number of carbonyl (C=O) groups excluding carboxylic acids is 3. The molecule has 1 aliphatic heterocycles. The fraction of sp³-hybridized carbons (Fsp3) is 0.211. The minimum absolute atomic E-state index is 0.0286. The molecule has 2 aromatic rings. The van der Waals surface area contributed by atoms with Crippen molar-refractivity contribution in [3.05, 3.63) is 71.0 Å². The molecule has 128 valence electrons. The Kier molecular flexibility index (Phi) is 4.88. The number of amides is 3. The SMILES string of the molecule is O=C(CCN1C(=O)Cc2ccccc2C1=O)NCc1ccc(F)cc1. The molecule has 3 amide bonds. The van der Waals surface area contributed by atoms with Gasteiger partial charge in [-0.2, -0.15) is 0 Å². The van der Waals surface area contributed by atoms with Gasteiger partial charge in [0.05, 0.1) is 6.42 Å². The third-order valence-electron chi connectivity index (χ3n) is 4.10. The van der Waals surface area contributed by atoms with Crippen LogP contribution < -0.4 is 5.32 Å². The minimum atomic E-state index is -0.363. The van der Waals surface area contributed by atoms with Crippen LogP contribution in [0.1, 0.15) is 27.9 Å². The third-order valence-corrected chi connectivity index (χ3v) is 4.10. The lowest BCUT2D eigenvalue weighted by molar-refractivity contribution is -0.129. The van der Waals surface area contributed by atoms with Crippen molar-refractivity contribution in [1.82, 2.24) is 10.2 Å². The summed E-state index contributed by atoms with van der Waals surface area (Å²) in [7, 11) is 0. The van der Waals surface area contributed by atoms with Crippen LogP contribution in [-0.4, -0.2) is 29.2 Å². The summed E-state index contributed by atoms with van der Waals surface area (Å²) < 4.78 is 12.8. The Balaban J connectivity index is 1.54. The average molecular weight is 340 g/mol. The Morgan fingerprint density at radius 3 is 2.56 bits per heavy atom. The summed E-state index contributed by atoms with van der Waals surface area (Å²) in [4.78, 5) is 37.6. The molecule has 0 unspecified atom stereocenters. The molecule has 0 atom stereocenters. The molecule has 25 heavy (non-hydrogen) atoms. The van der Waals surface area contributed by atoms with E-state index in [1.54, 1.807) is 36.4 Å². The quantitative estimate of drug-likeness (QED) is 0.847. The van der Waals surface area contributed by atoms with Gasteiger partial charge in [0, 0.05) is 25.1 Å². The highest BCUT2D eigenvalue weighted by Crippen LogP contribution is 2.19. The van der Waals surface area contributed by atoms with Crippen LogP contribution in [0.15, 0.2) is 48.5 Å². The lowest BCUT2D eigenvalue weighted by Gasteiger charge is -2.26. The molecule has 0 saturated carbocycles. The highest BCUT2D eigenvalue weighted by molar-refractivity contribution is 6.09. The summed E-state index contributed by atoms with van der Waals surface area (Å²) in [6.07, 6.45) is 0.194. The summed E-state index contributed by atoms with van der Waals surface area (Å²) >= 11 is 0. The first kappa shape index (κ1) is 16.8. The first-order valence-corrected chi connectivity index (χ1v) is 7.98. The number of hydrogen-bond acceptors (Lipinski definition) is 3. The molecule has 0 spiro atoms. The molecule has 0 aromatic heterocycles. The molecular formula is C19H17FN2O3. The summed E-state index contributed by atoms with van der Waals surface area (Å²) in [5, 5.41) is 2.70. The zero-order valence-electron chi connectivity index (χ0n) is 13.5. The first-order chi connectivity index (χ1) is 12.0. The van der Waals surface area contributed by atoms with Crippen LogP contribution in [0.5, 0.6) is 0 Å². The number of rotatable bonds is 5. The second-order valence-electron chi connectivity index (χ2n) is 5.84. The van der Waals surface area contributed by atoms with Crippen molar-refractivity contribution in [2.75, 3.05) is 6.54 Å². The predicted octanol–water partition coefficient (Wildman–Crippen LogP) is 2.06. The standard InChI is InChI=1S/C19H17FN2O3/c20-15-7-5-13(6-8-15)12-21-17(23)9-10-22-18(24)11-14-3-1-2-4-16(14)19(22)25/h1-8H,9-12H2,(H,21,23). The van der Waals surface area contributed by atoms with Gasteiger partial charge in [-0.3, -0.25) is 19.3 Å². The summed E-state index contributed by atoms with van der Waals surface area (Å²) in [5.74, 6) is -1.27. The summed E-state index contributed by atoms with van der Waals surface area (Å²) in [6, 6.07) is 12.8. The van der Waals surface area contributed by atoms with E-state index in [2.05, 4.69) is 5.32 Å². The molecule has 0 aliphatic carbocycles. The molecule has 0 radical (unpaired) electrons. The third kappa shape index (κ3) is 3.91. The number of hydrogen-bond donors (Lipinski definition) is 1. The van der Waals surface area contributed by atoms with E-state index in [1.807, 2.05) is 0 Å². The molecule has 1 N–H and O–H groups in total. The van der Waals surface area contributed by atoms with Crippen molar-refractivity contribution < 1.29 is 18.8 Å². The normalized spacial score (nSPS) is 13.6. The van der Waals surface area contributed by atoms with Crippen LogP contribution in [0.2, 0.25) is 0 Å². The molecule has 5 nitrogen and oxygen atoms in total. The molecule has 1 heterocycles. The maximum atomic E-state index is 12.8. The van der Waals surface area contributed by atoms with Gasteiger partial charge in [-0.05, 0) is 29.3 Å². The average Bonchev–Trinajstić information content (AvgIpc) is 2.61. The van der Waals surface area contributed by atoms with E-state index in [9.17, 15) is 18.8 Å². The molecule has 1 aliphatic rings. The molecular weight excluding hydrogens is 323 g/mol. The number of nitrogens with zero attached hydrogens (tertiary/aromatic N) is 1. The van der Waals surface area contributed by atoms with Crippen LogP contribution in [-0.2, 0) is 22.6 Å². The first-order valence-electron chi connectivity index (χ1n) is 7.98. The lowest BCUT2D eigenvalue weighted by Crippen LogP contribution is -2.44. The Morgan fingerprint density at radius 2 is 1.80 bits per heavy atom. The van der Waals surface area contributed by atoms with Gasteiger partial charge in [-0.25, -0.2) is 4.39 Å². The van der Waals surface area contributed by atoms with Crippen LogP contribution in [0.4, 0.5) is 4.39 Å². The molecule has 0 saturated heterocycles. The number of imide groups is 1. The van der Waals surface area contributed by atoms with E-state index in [-0.39, 0.29) is 49.5 Å². The van der Waals surface area contributed by atoms with E-state index >= 15 is 0 Å². The number of carbonyl (C=O) groups is 3. The molecule has 3 rings (SSSR count). The second kappa shape index (κ2) is 7.25. The van der Waals surface area contributed by atoms with Gasteiger partial charge in [0.15, 0.2) is 0 Å². The van der Waals surface area contributed by atoms with Crippen molar-refractivity contribution in [3.63, 3.8) is 0 Å². The van der Waals surface area contributed by atoms with Crippen molar-refractivity contribution in [2.45, 2.75) is 19.4 Å². The largest absolute Gasteiger partial charge is 0.352 e. The summed E-state index contributed by atoms with van der Waals surface area (Å²) in [5.41, 5.74) is 2.00. The molecule has 0 fully saturated rings. The maximum Gasteiger partial charge on any atom is 0.260 e. The van der Waals surface area contributed by atoms with Gasteiger partial charge in [-0.1, -0.05) is 30.3 Å².